The Labute approximate surface area is 196 Å². The number of carbonyl (C=O) groups excluding carboxylic acids is 3. The zero-order valence-corrected chi connectivity index (χ0v) is 19.5. The number of nitrogens with one attached hydrogen (secondary N) is 1. The standard InChI is InChI=1S/C27H33N3O3/c1-19-8-7-10-22(18-19)26(32)30-16-12-21(13-17-30)24(27(33)29-14-5-6-15-29)28-25(31)23-11-4-3-9-20(23)2/h3-4,7-11,18,21,24H,5-6,12-17H2,1-2H3,(H,28,31)/t24-/m0/s1. The first kappa shape index (κ1) is 23.0. The van der Waals surface area contributed by atoms with Gasteiger partial charge < -0.3 is 15.1 Å². The van der Waals surface area contributed by atoms with Crippen molar-refractivity contribution in [2.75, 3.05) is 26.2 Å². The number of carbonyl (C=O) groups is 3. The van der Waals surface area contributed by atoms with Crippen LogP contribution in [0.15, 0.2) is 48.5 Å². The molecule has 2 fully saturated rings. The molecule has 0 spiro atoms. The molecular formula is C27H33N3O3. The lowest BCUT2D eigenvalue weighted by Gasteiger charge is -2.37. The highest BCUT2D eigenvalue weighted by Gasteiger charge is 2.37. The molecule has 2 saturated heterocycles. The number of hydrogen-bond acceptors (Lipinski definition) is 3. The first-order valence-corrected chi connectivity index (χ1v) is 12.0. The molecule has 0 saturated carbocycles. The fourth-order valence-corrected chi connectivity index (χ4v) is 4.96. The minimum absolute atomic E-state index is 0.00706. The smallest absolute Gasteiger partial charge is 0.253 e. The lowest BCUT2D eigenvalue weighted by molar-refractivity contribution is -0.134. The summed E-state index contributed by atoms with van der Waals surface area (Å²) in [7, 11) is 0. The molecule has 0 aliphatic carbocycles. The molecule has 1 N–H and O–H groups in total. The summed E-state index contributed by atoms with van der Waals surface area (Å²) in [6, 6.07) is 14.5. The van der Waals surface area contributed by atoms with Gasteiger partial charge in [-0.1, -0.05) is 35.9 Å². The molecule has 2 aliphatic heterocycles. The molecule has 4 rings (SSSR count). The SMILES string of the molecule is Cc1cccc(C(=O)N2CCC([C@H](NC(=O)c3ccccc3C)C(=O)N3CCCC3)CC2)c1. The maximum Gasteiger partial charge on any atom is 0.253 e. The Bertz CT molecular complexity index is 1020. The number of rotatable bonds is 5. The minimum Gasteiger partial charge on any atom is -0.341 e. The van der Waals surface area contributed by atoms with Gasteiger partial charge in [0.2, 0.25) is 5.91 Å². The molecule has 6 heteroatoms. The molecule has 33 heavy (non-hydrogen) atoms. The molecule has 2 aromatic carbocycles. The summed E-state index contributed by atoms with van der Waals surface area (Å²) in [6.45, 7) is 6.56. The van der Waals surface area contributed by atoms with Crippen molar-refractivity contribution >= 4 is 17.7 Å². The van der Waals surface area contributed by atoms with Crippen LogP contribution < -0.4 is 5.32 Å². The van der Waals surface area contributed by atoms with Crippen molar-refractivity contribution in [2.45, 2.75) is 45.6 Å². The summed E-state index contributed by atoms with van der Waals surface area (Å²) >= 11 is 0. The van der Waals surface area contributed by atoms with Crippen LogP contribution >= 0.6 is 0 Å². The fraction of sp³-hybridized carbons (Fsp3) is 0.444. The Hall–Kier alpha value is -3.15. The molecular weight excluding hydrogens is 414 g/mol. The quantitative estimate of drug-likeness (QED) is 0.762. The Morgan fingerprint density at radius 2 is 1.58 bits per heavy atom. The van der Waals surface area contributed by atoms with Crippen molar-refractivity contribution in [2.24, 2.45) is 5.92 Å². The lowest BCUT2D eigenvalue weighted by Crippen LogP contribution is -2.54. The zero-order chi connectivity index (χ0) is 23.4. The van der Waals surface area contributed by atoms with Crippen LogP contribution in [0.3, 0.4) is 0 Å². The van der Waals surface area contributed by atoms with Crippen molar-refractivity contribution in [3.63, 3.8) is 0 Å². The van der Waals surface area contributed by atoms with E-state index < -0.39 is 6.04 Å². The largest absolute Gasteiger partial charge is 0.341 e. The van der Waals surface area contributed by atoms with Crippen LogP contribution in [0.4, 0.5) is 0 Å². The summed E-state index contributed by atoms with van der Waals surface area (Å²) in [5, 5.41) is 3.07. The molecule has 2 aromatic rings. The molecule has 0 aromatic heterocycles. The monoisotopic (exact) mass is 447 g/mol. The number of nitrogens with zero attached hydrogens (tertiary/aromatic N) is 2. The first-order chi connectivity index (χ1) is 15.9. The maximum atomic E-state index is 13.4. The van der Waals surface area contributed by atoms with Crippen LogP contribution in [0, 0.1) is 19.8 Å². The summed E-state index contributed by atoms with van der Waals surface area (Å²) in [5.74, 6) is -0.155. The van der Waals surface area contributed by atoms with E-state index in [0.717, 1.165) is 37.1 Å². The lowest BCUT2D eigenvalue weighted by atomic mass is 9.87. The molecule has 0 unspecified atom stereocenters. The van der Waals surface area contributed by atoms with Crippen LogP contribution in [-0.4, -0.2) is 59.7 Å². The highest BCUT2D eigenvalue weighted by atomic mass is 16.2. The second-order valence-electron chi connectivity index (χ2n) is 9.30. The van der Waals surface area contributed by atoms with Gasteiger partial charge in [-0.2, -0.15) is 0 Å². The molecule has 174 valence electrons. The number of amides is 3. The number of benzene rings is 2. The maximum absolute atomic E-state index is 13.4. The Kier molecular flexibility index (Phi) is 7.11. The van der Waals surface area contributed by atoms with Crippen molar-refractivity contribution in [3.05, 3.63) is 70.8 Å². The average molecular weight is 448 g/mol. The van der Waals surface area contributed by atoms with Gasteiger partial charge in [-0.25, -0.2) is 0 Å². The van der Waals surface area contributed by atoms with Crippen molar-refractivity contribution < 1.29 is 14.4 Å². The number of aryl methyl sites for hydroxylation is 2. The van der Waals surface area contributed by atoms with Crippen LogP contribution in [0.25, 0.3) is 0 Å². The van der Waals surface area contributed by atoms with Crippen LogP contribution in [0.5, 0.6) is 0 Å². The van der Waals surface area contributed by atoms with Gasteiger partial charge in [-0.15, -0.1) is 0 Å². The number of hydrogen-bond donors (Lipinski definition) is 1. The van der Waals surface area contributed by atoms with Crippen molar-refractivity contribution in [1.29, 1.82) is 0 Å². The normalized spacial score (nSPS) is 17.6. The van der Waals surface area contributed by atoms with E-state index in [9.17, 15) is 14.4 Å². The Morgan fingerprint density at radius 3 is 2.24 bits per heavy atom. The third kappa shape index (κ3) is 5.27. The van der Waals surface area contributed by atoms with E-state index in [1.807, 2.05) is 66.1 Å². The molecule has 0 bridgehead atoms. The van der Waals surface area contributed by atoms with E-state index in [1.165, 1.54) is 0 Å². The molecule has 3 amide bonds. The van der Waals surface area contributed by atoms with Gasteiger partial charge in [0.1, 0.15) is 6.04 Å². The minimum atomic E-state index is -0.563. The molecule has 2 aliphatic rings. The molecule has 0 radical (unpaired) electrons. The third-order valence-electron chi connectivity index (χ3n) is 6.92. The van der Waals surface area contributed by atoms with E-state index in [2.05, 4.69) is 5.32 Å². The molecule has 2 heterocycles. The summed E-state index contributed by atoms with van der Waals surface area (Å²) in [5.41, 5.74) is 3.25. The Balaban J connectivity index is 1.47. The van der Waals surface area contributed by atoms with Crippen molar-refractivity contribution in [3.8, 4) is 0 Å². The van der Waals surface area contributed by atoms with E-state index in [4.69, 9.17) is 0 Å². The number of piperidine rings is 1. The van der Waals surface area contributed by atoms with E-state index >= 15 is 0 Å². The van der Waals surface area contributed by atoms with Gasteiger partial charge in [0, 0.05) is 37.3 Å². The predicted molar refractivity (Wildman–Crippen MR) is 128 cm³/mol. The summed E-state index contributed by atoms with van der Waals surface area (Å²) < 4.78 is 0. The van der Waals surface area contributed by atoms with E-state index in [1.54, 1.807) is 6.07 Å². The van der Waals surface area contributed by atoms with Crippen LogP contribution in [0.2, 0.25) is 0 Å². The second kappa shape index (κ2) is 10.2. The van der Waals surface area contributed by atoms with Gasteiger partial charge in [0.15, 0.2) is 0 Å². The van der Waals surface area contributed by atoms with Crippen molar-refractivity contribution in [1.82, 2.24) is 15.1 Å². The molecule has 6 nitrogen and oxygen atoms in total. The third-order valence-corrected chi connectivity index (χ3v) is 6.92. The second-order valence-corrected chi connectivity index (χ2v) is 9.30. The summed E-state index contributed by atoms with van der Waals surface area (Å²) in [4.78, 5) is 43.2. The highest BCUT2D eigenvalue weighted by molar-refractivity contribution is 5.99. The molecule has 1 atom stereocenters. The van der Waals surface area contributed by atoms with E-state index in [0.29, 0.717) is 37.1 Å². The zero-order valence-electron chi connectivity index (χ0n) is 19.5. The van der Waals surface area contributed by atoms with Crippen LogP contribution in [0.1, 0.15) is 57.5 Å². The van der Waals surface area contributed by atoms with Crippen LogP contribution in [-0.2, 0) is 4.79 Å². The Morgan fingerprint density at radius 1 is 0.879 bits per heavy atom. The predicted octanol–water partition coefficient (Wildman–Crippen LogP) is 3.58. The number of likely N-dealkylation sites (tertiary alicyclic amines) is 2. The fourth-order valence-electron chi connectivity index (χ4n) is 4.96. The summed E-state index contributed by atoms with van der Waals surface area (Å²) in [6.07, 6.45) is 3.40. The van der Waals surface area contributed by atoms with Gasteiger partial charge in [0.25, 0.3) is 11.8 Å². The van der Waals surface area contributed by atoms with Gasteiger partial charge in [-0.3, -0.25) is 14.4 Å². The van der Waals surface area contributed by atoms with Gasteiger partial charge in [-0.05, 0) is 69.2 Å². The van der Waals surface area contributed by atoms with E-state index in [-0.39, 0.29) is 23.6 Å². The first-order valence-electron chi connectivity index (χ1n) is 12.0. The highest BCUT2D eigenvalue weighted by Crippen LogP contribution is 2.25. The van der Waals surface area contributed by atoms with Gasteiger partial charge >= 0.3 is 0 Å². The van der Waals surface area contributed by atoms with Gasteiger partial charge in [0.05, 0.1) is 0 Å². The average Bonchev–Trinajstić information content (AvgIpc) is 3.37. The topological polar surface area (TPSA) is 69.7 Å².